The number of carbonyl (C=O) groups is 2. The lowest BCUT2D eigenvalue weighted by Gasteiger charge is -2.38. The highest BCUT2D eigenvalue weighted by atomic mass is 16.5. The molecule has 3 aromatic rings. The lowest BCUT2D eigenvalue weighted by molar-refractivity contribution is 0.0938. The Kier molecular flexibility index (Phi) is 7.60. The quantitative estimate of drug-likeness (QED) is 0.501. The summed E-state index contributed by atoms with van der Waals surface area (Å²) in [4.78, 5) is 30.2. The predicted molar refractivity (Wildman–Crippen MR) is 138 cm³/mol. The lowest BCUT2D eigenvalue weighted by Crippen LogP contribution is -2.47. The number of anilines is 3. The van der Waals surface area contributed by atoms with Crippen LogP contribution in [0.3, 0.4) is 0 Å². The van der Waals surface area contributed by atoms with E-state index >= 15 is 0 Å². The third kappa shape index (κ3) is 5.59. The fourth-order valence-electron chi connectivity index (χ4n) is 4.15. The van der Waals surface area contributed by atoms with Gasteiger partial charge in [-0.25, -0.2) is 0 Å². The molecular formula is C27H32N4O4. The number of furan rings is 1. The van der Waals surface area contributed by atoms with Gasteiger partial charge in [0, 0.05) is 43.6 Å². The molecule has 1 unspecified atom stereocenters. The SMILES string of the molecule is CCC(C)NC(=O)c1cc(NC(=O)c2ccco2)ccc1N1CCN(c2ccccc2OC)CC1. The van der Waals surface area contributed by atoms with Gasteiger partial charge in [0.25, 0.3) is 11.8 Å². The molecule has 2 heterocycles. The number of carbonyl (C=O) groups excluding carboxylic acids is 2. The molecule has 0 aliphatic carbocycles. The van der Waals surface area contributed by atoms with Crippen molar-refractivity contribution < 1.29 is 18.7 Å². The van der Waals surface area contributed by atoms with Gasteiger partial charge in [-0.2, -0.15) is 0 Å². The third-order valence-corrected chi connectivity index (χ3v) is 6.28. The summed E-state index contributed by atoms with van der Waals surface area (Å²) in [6.07, 6.45) is 2.28. The molecule has 0 spiro atoms. The zero-order valence-corrected chi connectivity index (χ0v) is 20.4. The number of piperazine rings is 1. The average Bonchev–Trinajstić information content (AvgIpc) is 3.44. The van der Waals surface area contributed by atoms with Crippen LogP contribution in [0.2, 0.25) is 0 Å². The number of hydrogen-bond donors (Lipinski definition) is 2. The van der Waals surface area contributed by atoms with E-state index in [1.807, 2.05) is 44.2 Å². The number of rotatable bonds is 8. The molecule has 4 rings (SSSR count). The Morgan fingerprint density at radius 3 is 2.34 bits per heavy atom. The minimum Gasteiger partial charge on any atom is -0.495 e. The maximum absolute atomic E-state index is 13.2. The molecule has 35 heavy (non-hydrogen) atoms. The molecule has 0 saturated carbocycles. The zero-order chi connectivity index (χ0) is 24.8. The first kappa shape index (κ1) is 24.2. The third-order valence-electron chi connectivity index (χ3n) is 6.28. The van der Waals surface area contributed by atoms with Gasteiger partial charge in [0.2, 0.25) is 0 Å². The molecular weight excluding hydrogens is 444 g/mol. The van der Waals surface area contributed by atoms with Gasteiger partial charge in [0.1, 0.15) is 5.75 Å². The van der Waals surface area contributed by atoms with Crippen LogP contribution in [0.1, 0.15) is 41.2 Å². The van der Waals surface area contributed by atoms with Gasteiger partial charge in [-0.05, 0) is 55.8 Å². The van der Waals surface area contributed by atoms with Crippen LogP contribution >= 0.6 is 0 Å². The number of nitrogens with one attached hydrogen (secondary N) is 2. The number of methoxy groups -OCH3 is 1. The number of hydrogen-bond acceptors (Lipinski definition) is 6. The fourth-order valence-corrected chi connectivity index (χ4v) is 4.15. The van der Waals surface area contributed by atoms with E-state index < -0.39 is 0 Å². The maximum atomic E-state index is 13.2. The van der Waals surface area contributed by atoms with Gasteiger partial charge >= 0.3 is 0 Å². The van der Waals surface area contributed by atoms with Crippen LogP contribution in [0, 0.1) is 0 Å². The first-order valence-corrected chi connectivity index (χ1v) is 11.9. The second-order valence-corrected chi connectivity index (χ2v) is 8.59. The monoisotopic (exact) mass is 476 g/mol. The fraction of sp³-hybridized carbons (Fsp3) is 0.333. The average molecular weight is 477 g/mol. The summed E-state index contributed by atoms with van der Waals surface area (Å²) in [5, 5.41) is 5.88. The van der Waals surface area contributed by atoms with Gasteiger partial charge in [0.05, 0.1) is 24.6 Å². The first-order chi connectivity index (χ1) is 17.0. The van der Waals surface area contributed by atoms with E-state index in [-0.39, 0.29) is 23.6 Å². The van der Waals surface area contributed by atoms with Crippen LogP contribution in [0.5, 0.6) is 5.75 Å². The van der Waals surface area contributed by atoms with E-state index in [1.165, 1.54) is 6.26 Å². The van der Waals surface area contributed by atoms with Crippen molar-refractivity contribution in [1.29, 1.82) is 0 Å². The van der Waals surface area contributed by atoms with Crippen molar-refractivity contribution in [3.8, 4) is 5.75 Å². The molecule has 184 valence electrons. The maximum Gasteiger partial charge on any atom is 0.291 e. The van der Waals surface area contributed by atoms with E-state index in [9.17, 15) is 9.59 Å². The molecule has 1 fully saturated rings. The summed E-state index contributed by atoms with van der Waals surface area (Å²) in [5.74, 6) is 0.551. The summed E-state index contributed by atoms with van der Waals surface area (Å²) in [5.41, 5.74) is 2.99. The Balaban J connectivity index is 1.55. The van der Waals surface area contributed by atoms with Crippen molar-refractivity contribution in [1.82, 2.24) is 5.32 Å². The lowest BCUT2D eigenvalue weighted by atomic mass is 10.1. The van der Waals surface area contributed by atoms with Gasteiger partial charge in [0.15, 0.2) is 5.76 Å². The number of para-hydroxylation sites is 2. The number of benzene rings is 2. The van der Waals surface area contributed by atoms with Crippen LogP contribution in [0.15, 0.2) is 65.3 Å². The normalized spacial score (nSPS) is 14.4. The summed E-state index contributed by atoms with van der Waals surface area (Å²) in [6, 6.07) is 16.8. The molecule has 8 nitrogen and oxygen atoms in total. The Hall–Kier alpha value is -3.94. The molecule has 1 atom stereocenters. The highest BCUT2D eigenvalue weighted by molar-refractivity contribution is 6.05. The van der Waals surface area contributed by atoms with E-state index in [2.05, 4.69) is 26.5 Å². The van der Waals surface area contributed by atoms with E-state index in [0.29, 0.717) is 11.3 Å². The summed E-state index contributed by atoms with van der Waals surface area (Å²) in [6.45, 7) is 7.10. The van der Waals surface area contributed by atoms with Gasteiger partial charge in [-0.3, -0.25) is 9.59 Å². The Morgan fingerprint density at radius 1 is 0.971 bits per heavy atom. The molecule has 1 aliphatic rings. The molecule has 1 saturated heterocycles. The number of amides is 2. The standard InChI is InChI=1S/C27H32N4O4/c1-4-19(2)28-26(32)21-18-20(29-27(33)25-10-7-17-35-25)11-12-22(21)30-13-15-31(16-14-30)23-8-5-6-9-24(23)34-3/h5-12,17-19H,4,13-16H2,1-3H3,(H,28,32)(H,29,33). The Bertz CT molecular complexity index is 1150. The molecule has 8 heteroatoms. The largest absolute Gasteiger partial charge is 0.495 e. The molecule has 0 bridgehead atoms. The Labute approximate surface area is 205 Å². The van der Waals surface area contributed by atoms with Crippen LogP contribution in [0.4, 0.5) is 17.1 Å². The van der Waals surface area contributed by atoms with Crippen LogP contribution in [-0.2, 0) is 0 Å². The zero-order valence-electron chi connectivity index (χ0n) is 20.4. The number of nitrogens with zero attached hydrogens (tertiary/aromatic N) is 2. The highest BCUT2D eigenvalue weighted by Gasteiger charge is 2.24. The van der Waals surface area contributed by atoms with Crippen molar-refractivity contribution >= 4 is 28.9 Å². The number of ether oxygens (including phenoxy) is 1. The van der Waals surface area contributed by atoms with Crippen molar-refractivity contribution in [3.05, 3.63) is 72.2 Å². The molecule has 1 aliphatic heterocycles. The predicted octanol–water partition coefficient (Wildman–Crippen LogP) is 4.40. The molecule has 2 aromatic carbocycles. The molecule has 1 aromatic heterocycles. The molecule has 0 radical (unpaired) electrons. The minimum atomic E-state index is -0.360. The van der Waals surface area contributed by atoms with Crippen LogP contribution < -0.4 is 25.2 Å². The second kappa shape index (κ2) is 11.0. The molecule has 2 amide bonds. The highest BCUT2D eigenvalue weighted by Crippen LogP contribution is 2.31. The van der Waals surface area contributed by atoms with Crippen LogP contribution in [0.25, 0.3) is 0 Å². The van der Waals surface area contributed by atoms with Crippen molar-refractivity contribution in [3.63, 3.8) is 0 Å². The Morgan fingerprint density at radius 2 is 1.69 bits per heavy atom. The van der Waals surface area contributed by atoms with E-state index in [1.54, 1.807) is 25.3 Å². The van der Waals surface area contributed by atoms with Crippen molar-refractivity contribution in [2.45, 2.75) is 26.3 Å². The van der Waals surface area contributed by atoms with Crippen molar-refractivity contribution in [2.24, 2.45) is 0 Å². The molecule has 2 N–H and O–H groups in total. The van der Waals surface area contributed by atoms with E-state index in [4.69, 9.17) is 9.15 Å². The van der Waals surface area contributed by atoms with Crippen LogP contribution in [-0.4, -0.2) is 51.1 Å². The van der Waals surface area contributed by atoms with Gasteiger partial charge in [-0.1, -0.05) is 19.1 Å². The smallest absolute Gasteiger partial charge is 0.291 e. The van der Waals surface area contributed by atoms with E-state index in [0.717, 1.165) is 49.7 Å². The minimum absolute atomic E-state index is 0.0408. The van der Waals surface area contributed by atoms with Gasteiger partial charge < -0.3 is 29.6 Å². The van der Waals surface area contributed by atoms with Gasteiger partial charge in [-0.15, -0.1) is 0 Å². The summed E-state index contributed by atoms with van der Waals surface area (Å²) >= 11 is 0. The second-order valence-electron chi connectivity index (χ2n) is 8.59. The topological polar surface area (TPSA) is 87.0 Å². The van der Waals surface area contributed by atoms with Crippen molar-refractivity contribution in [2.75, 3.05) is 48.4 Å². The first-order valence-electron chi connectivity index (χ1n) is 11.9. The summed E-state index contributed by atoms with van der Waals surface area (Å²) in [7, 11) is 1.68. The summed E-state index contributed by atoms with van der Waals surface area (Å²) < 4.78 is 10.7.